The van der Waals surface area contributed by atoms with E-state index in [4.69, 9.17) is 24.7 Å². The maximum Gasteiger partial charge on any atom is 0.267 e. The molecule has 590 valence electrons. The Bertz CT molecular complexity index is 7900. The summed E-state index contributed by atoms with van der Waals surface area (Å²) in [4.78, 5) is 83.0. The molecule has 0 saturated heterocycles. The summed E-state index contributed by atoms with van der Waals surface area (Å²) in [6.45, 7) is 4.54. The van der Waals surface area contributed by atoms with E-state index in [-0.39, 0.29) is 29.0 Å². The first kappa shape index (κ1) is 71.4. The van der Waals surface area contributed by atoms with E-state index < -0.39 is 0 Å². The molecule has 0 radical (unpaired) electrons. The molecule has 0 atom stereocenters. The van der Waals surface area contributed by atoms with Gasteiger partial charge in [-0.15, -0.1) is 0 Å². The monoisotopic (exact) mass is 1630 g/mol. The van der Waals surface area contributed by atoms with E-state index in [1.165, 1.54) is 31.7 Å². The van der Waals surface area contributed by atoms with Crippen LogP contribution in [0.5, 0.6) is 11.5 Å². The largest absolute Gasteiger partial charge is 0.453 e. The average molecular weight is 1630 g/mol. The molecule has 0 bridgehead atoms. The summed E-state index contributed by atoms with van der Waals surface area (Å²) in [5, 5.41) is 2.36. The average Bonchev–Trinajstić information content (AvgIpc) is 1.64. The van der Waals surface area contributed by atoms with Gasteiger partial charge in [-0.25, -0.2) is 19.9 Å². The van der Waals surface area contributed by atoms with E-state index in [1.54, 1.807) is 30.0 Å². The lowest BCUT2D eigenvalue weighted by Crippen LogP contribution is -2.31. The first-order chi connectivity index (χ1) is 61.5. The van der Waals surface area contributed by atoms with E-state index in [2.05, 4.69) is 161 Å². The molecule has 5 aromatic heterocycles. The van der Waals surface area contributed by atoms with Crippen LogP contribution in [0.1, 0.15) is 66.4 Å². The van der Waals surface area contributed by atoms with E-state index in [0.29, 0.717) is 28.1 Å². The summed E-state index contributed by atoms with van der Waals surface area (Å²) in [6.07, 6.45) is 0. The zero-order chi connectivity index (χ0) is 83.2. The second-order valence-electron chi connectivity index (χ2n) is 32.2. The predicted octanol–water partition coefficient (Wildman–Crippen LogP) is 25.5. The van der Waals surface area contributed by atoms with Gasteiger partial charge in [0, 0.05) is 48.2 Å². The van der Waals surface area contributed by atoms with Gasteiger partial charge in [0.1, 0.15) is 23.3 Å². The standard InChI is InChI=1S/C29H21N3O.C26H15N3O2.C26H15N3OS.C26H15N3O/c1-29(2)19-11-3-6-14-22(19)31(23-15-7-4-12-20(23)29)25-17-9-10-18-26(25)28(33)32-24-16-8-5-13-21(24)30-27(18)32;2*30-26-24-16(25-27-17-9-1-2-10-18(17)29(25)26)8-7-13-21(24)28-19-11-3-5-14-22(19)31-23-15-6-4-12-20(23)28;30-26-24-18(25-27-19-11-3-6-14-22(19)29(25)26)10-7-15-23(24)28-20-12-4-1-8-16(20)17-9-2-5-13-21(17)28/h3-17H,1-2H3;2*1-15H;1-15H. The third kappa shape index (κ3) is 10.4. The highest BCUT2D eigenvalue weighted by atomic mass is 32.2. The van der Waals surface area contributed by atoms with E-state index in [9.17, 15) is 19.2 Å². The number of anilines is 9. The predicted molar refractivity (Wildman–Crippen MR) is 494 cm³/mol. The Hall–Kier alpha value is -16.6. The fourth-order valence-corrected chi connectivity index (χ4v) is 20.7. The second kappa shape index (κ2) is 27.2. The molecule has 0 spiro atoms. The van der Waals surface area contributed by atoms with Crippen molar-refractivity contribution in [3.05, 3.63) is 397 Å². The van der Waals surface area contributed by atoms with Crippen LogP contribution in [0.4, 0.5) is 51.2 Å². The van der Waals surface area contributed by atoms with Crippen LogP contribution in [0.15, 0.2) is 374 Å². The Kier molecular flexibility index (Phi) is 15.5. The summed E-state index contributed by atoms with van der Waals surface area (Å²) in [6, 6.07) is 121. The number of ether oxygens (including phenoxy) is 1. The summed E-state index contributed by atoms with van der Waals surface area (Å²) in [5.74, 6) is 4.23. The molecule has 0 saturated carbocycles. The smallest absolute Gasteiger partial charge is 0.267 e. The van der Waals surface area contributed by atoms with Crippen molar-refractivity contribution in [1.29, 1.82) is 0 Å². The molecule has 17 nitrogen and oxygen atoms in total. The van der Waals surface area contributed by atoms with Gasteiger partial charge in [-0.05, 0) is 157 Å². The molecule has 0 N–H and O–H groups in total. The quantitative estimate of drug-likeness (QED) is 0.164. The zero-order valence-corrected chi connectivity index (χ0v) is 67.8. The molecule has 7 aliphatic heterocycles. The summed E-state index contributed by atoms with van der Waals surface area (Å²) in [5.41, 5.74) is 27.2. The SMILES string of the molecule is CC1(C)c2ccccc2N(c2cccc3c2C(=O)n2c-3nc3ccccc32)c2ccccc21.O=C1c2c(cccc2-n2c3ccccc3c3ccccc32)-c2nc3ccccc3n21.O=C1c2c(cccc2N2c3ccccc3Oc3ccccc32)-c2nc3ccccc3n21.O=C1c2c(cccc2N2c3ccccc3Sc3ccccc32)-c2nc3ccccc3n21. The Morgan fingerprint density at radius 2 is 0.504 bits per heavy atom. The number of carbonyl (C=O) groups excluding carboxylic acids is 4. The van der Waals surface area contributed by atoms with Gasteiger partial charge in [-0.3, -0.25) is 37.4 Å². The fourth-order valence-electron chi connectivity index (χ4n) is 19.7. The molecule has 0 unspecified atom stereocenters. The lowest BCUT2D eigenvalue weighted by atomic mass is 9.73. The van der Waals surface area contributed by atoms with E-state index >= 15 is 0 Å². The van der Waals surface area contributed by atoms with Gasteiger partial charge in [-0.2, -0.15) is 0 Å². The van der Waals surface area contributed by atoms with Crippen LogP contribution in [0.25, 0.3) is 117 Å². The van der Waals surface area contributed by atoms with Crippen molar-refractivity contribution in [2.45, 2.75) is 29.1 Å². The molecule has 7 aliphatic rings. The minimum absolute atomic E-state index is 0.0221. The van der Waals surface area contributed by atoms with Crippen molar-refractivity contribution >= 4 is 153 Å². The van der Waals surface area contributed by atoms with Crippen LogP contribution in [-0.2, 0) is 5.41 Å². The number of hydrogen-bond acceptors (Lipinski definition) is 13. The first-order valence-corrected chi connectivity index (χ1v) is 42.3. The number of carbonyl (C=O) groups is 4. The molecule has 16 aromatic carbocycles. The molecule has 0 fully saturated rings. The van der Waals surface area contributed by atoms with Gasteiger partial charge in [0.05, 0.1) is 134 Å². The van der Waals surface area contributed by atoms with Crippen LogP contribution in [-0.4, -0.2) is 66.4 Å². The summed E-state index contributed by atoms with van der Waals surface area (Å²) in [7, 11) is 0. The van der Waals surface area contributed by atoms with Crippen LogP contribution in [0.3, 0.4) is 0 Å². The van der Waals surface area contributed by atoms with Gasteiger partial charge in [0.25, 0.3) is 23.6 Å². The lowest BCUT2D eigenvalue weighted by molar-refractivity contribution is 0.0965. The molecule has 0 amide bonds. The molecule has 12 heterocycles. The van der Waals surface area contributed by atoms with Crippen molar-refractivity contribution in [3.63, 3.8) is 0 Å². The number of imidazole rings is 4. The van der Waals surface area contributed by atoms with Crippen molar-refractivity contribution in [1.82, 2.24) is 42.8 Å². The number of fused-ring (bicyclic) bond motifs is 29. The fraction of sp³-hybridized carbons (Fsp3) is 0.0280. The number of nitrogens with zero attached hydrogens (tertiary/aromatic N) is 12. The van der Waals surface area contributed by atoms with Crippen molar-refractivity contribution in [2.75, 3.05) is 14.7 Å². The molecule has 18 heteroatoms. The maximum absolute atomic E-state index is 13.9. The van der Waals surface area contributed by atoms with Crippen LogP contribution in [0.2, 0.25) is 0 Å². The van der Waals surface area contributed by atoms with Gasteiger partial charge >= 0.3 is 0 Å². The minimum atomic E-state index is -0.144. The molecular weight excluding hydrogens is 1570 g/mol. The van der Waals surface area contributed by atoms with Crippen molar-refractivity contribution in [2.24, 2.45) is 0 Å². The highest BCUT2D eigenvalue weighted by Crippen LogP contribution is 2.58. The van der Waals surface area contributed by atoms with Gasteiger partial charge in [-0.1, -0.05) is 244 Å². The number of benzene rings is 16. The number of aromatic nitrogens is 9. The zero-order valence-electron chi connectivity index (χ0n) is 67.0. The molecular formula is C107H66N12O5S. The Labute approximate surface area is 718 Å². The first-order valence-electron chi connectivity index (χ1n) is 41.4. The minimum Gasteiger partial charge on any atom is -0.453 e. The van der Waals surface area contributed by atoms with Crippen molar-refractivity contribution in [3.8, 4) is 62.7 Å². The molecule has 28 rings (SSSR count). The van der Waals surface area contributed by atoms with Gasteiger partial charge < -0.3 is 24.0 Å². The number of para-hydroxylation sites is 18. The van der Waals surface area contributed by atoms with E-state index in [1.807, 2.05) is 237 Å². The van der Waals surface area contributed by atoms with Crippen molar-refractivity contribution < 1.29 is 23.9 Å². The molecule has 21 aromatic rings. The third-order valence-corrected chi connectivity index (χ3v) is 26.2. The maximum atomic E-state index is 13.9. The normalized spacial score (nSPS) is 13.8. The summed E-state index contributed by atoms with van der Waals surface area (Å²) >= 11 is 1.76. The number of hydrogen-bond donors (Lipinski definition) is 0. The van der Waals surface area contributed by atoms with Crippen LogP contribution < -0.4 is 19.4 Å². The molecule has 0 aliphatic carbocycles. The van der Waals surface area contributed by atoms with Gasteiger partial charge in [0.15, 0.2) is 11.5 Å². The van der Waals surface area contributed by atoms with Crippen LogP contribution >= 0.6 is 11.8 Å². The van der Waals surface area contributed by atoms with E-state index in [0.717, 1.165) is 163 Å². The topological polar surface area (TPSA) is 163 Å². The molecule has 125 heavy (non-hydrogen) atoms. The van der Waals surface area contributed by atoms with Crippen LogP contribution in [0, 0.1) is 0 Å². The Balaban J connectivity index is 0.0000000911. The summed E-state index contributed by atoms with van der Waals surface area (Å²) < 4.78 is 15.3. The van der Waals surface area contributed by atoms with Gasteiger partial charge in [0.2, 0.25) is 0 Å². The Morgan fingerprint density at radius 1 is 0.240 bits per heavy atom. The highest BCUT2D eigenvalue weighted by Gasteiger charge is 2.43. The highest BCUT2D eigenvalue weighted by molar-refractivity contribution is 7.99. The third-order valence-electron chi connectivity index (χ3n) is 25.1. The number of rotatable bonds is 4. The second-order valence-corrected chi connectivity index (χ2v) is 33.3. The lowest BCUT2D eigenvalue weighted by Gasteiger charge is -2.42. The Morgan fingerprint density at radius 3 is 0.880 bits per heavy atom.